The zero-order valence-electron chi connectivity index (χ0n) is 12.2. The van der Waals surface area contributed by atoms with Crippen LogP contribution in [0.3, 0.4) is 0 Å². The van der Waals surface area contributed by atoms with E-state index < -0.39 is 0 Å². The summed E-state index contributed by atoms with van der Waals surface area (Å²) < 4.78 is 0. The minimum atomic E-state index is 0.0349. The SMILES string of the molecule is CC(C)Cc1ccc([C@@H](C)NC(=O)C(C)C)cc1. The molecule has 0 unspecified atom stereocenters. The number of carbonyl (C=O) groups excluding carboxylic acids is 1. The summed E-state index contributed by atoms with van der Waals surface area (Å²) in [5.41, 5.74) is 2.52. The summed E-state index contributed by atoms with van der Waals surface area (Å²) in [6.07, 6.45) is 1.10. The van der Waals surface area contributed by atoms with Crippen LogP contribution in [-0.2, 0) is 11.2 Å². The number of amides is 1. The van der Waals surface area contributed by atoms with Gasteiger partial charge in [-0.05, 0) is 30.4 Å². The molecule has 0 bridgehead atoms. The van der Waals surface area contributed by atoms with Crippen LogP contribution in [0.1, 0.15) is 51.8 Å². The first-order valence-corrected chi connectivity index (χ1v) is 6.79. The lowest BCUT2D eigenvalue weighted by molar-refractivity contribution is -0.124. The molecule has 0 aromatic heterocycles. The van der Waals surface area contributed by atoms with Crippen molar-refractivity contribution in [2.45, 2.75) is 47.1 Å². The van der Waals surface area contributed by atoms with Crippen LogP contribution in [-0.4, -0.2) is 5.91 Å². The lowest BCUT2D eigenvalue weighted by Gasteiger charge is -2.16. The summed E-state index contributed by atoms with van der Waals surface area (Å²) in [6.45, 7) is 10.3. The molecule has 0 fully saturated rings. The largest absolute Gasteiger partial charge is 0.349 e. The molecule has 1 aromatic carbocycles. The van der Waals surface area contributed by atoms with E-state index in [4.69, 9.17) is 0 Å². The van der Waals surface area contributed by atoms with Crippen LogP contribution >= 0.6 is 0 Å². The Kier molecular flexibility index (Phi) is 5.39. The van der Waals surface area contributed by atoms with Crippen LogP contribution < -0.4 is 5.32 Å². The van der Waals surface area contributed by atoms with Crippen LogP contribution in [0.5, 0.6) is 0 Å². The minimum Gasteiger partial charge on any atom is -0.349 e. The van der Waals surface area contributed by atoms with Gasteiger partial charge in [0.05, 0.1) is 6.04 Å². The van der Waals surface area contributed by atoms with Gasteiger partial charge in [0.25, 0.3) is 0 Å². The highest BCUT2D eigenvalue weighted by Crippen LogP contribution is 2.16. The van der Waals surface area contributed by atoms with Crippen molar-refractivity contribution in [1.82, 2.24) is 5.32 Å². The van der Waals surface area contributed by atoms with Crippen LogP contribution in [0.4, 0.5) is 0 Å². The van der Waals surface area contributed by atoms with Crippen LogP contribution in [0.15, 0.2) is 24.3 Å². The van der Waals surface area contributed by atoms with Crippen molar-refractivity contribution in [3.8, 4) is 0 Å². The van der Waals surface area contributed by atoms with Gasteiger partial charge in [0, 0.05) is 5.92 Å². The Hall–Kier alpha value is -1.31. The Morgan fingerprint density at radius 3 is 2.06 bits per heavy atom. The predicted octanol–water partition coefficient (Wildman–Crippen LogP) is 3.72. The molecular formula is C16H25NO. The van der Waals surface area contributed by atoms with E-state index >= 15 is 0 Å². The van der Waals surface area contributed by atoms with E-state index in [0.29, 0.717) is 5.92 Å². The first-order chi connectivity index (χ1) is 8.40. The third-order valence-corrected chi connectivity index (χ3v) is 3.01. The molecule has 1 atom stereocenters. The van der Waals surface area contributed by atoms with Crippen molar-refractivity contribution < 1.29 is 4.79 Å². The topological polar surface area (TPSA) is 29.1 Å². The van der Waals surface area contributed by atoms with Gasteiger partial charge >= 0.3 is 0 Å². The van der Waals surface area contributed by atoms with E-state index in [0.717, 1.165) is 12.0 Å². The van der Waals surface area contributed by atoms with Crippen molar-refractivity contribution in [2.24, 2.45) is 11.8 Å². The molecule has 1 amide bonds. The molecule has 1 rings (SSSR count). The zero-order valence-corrected chi connectivity index (χ0v) is 12.2. The maximum absolute atomic E-state index is 11.6. The molecule has 1 N–H and O–H groups in total. The molecule has 1 aromatic rings. The van der Waals surface area contributed by atoms with Gasteiger partial charge in [-0.3, -0.25) is 4.79 Å². The number of hydrogen-bond donors (Lipinski definition) is 1. The number of rotatable bonds is 5. The summed E-state index contributed by atoms with van der Waals surface area (Å²) in [4.78, 5) is 11.6. The maximum Gasteiger partial charge on any atom is 0.223 e. The quantitative estimate of drug-likeness (QED) is 0.844. The lowest BCUT2D eigenvalue weighted by Crippen LogP contribution is -2.30. The number of hydrogen-bond acceptors (Lipinski definition) is 1. The average Bonchev–Trinajstić information content (AvgIpc) is 2.28. The van der Waals surface area contributed by atoms with Crippen LogP contribution in [0.2, 0.25) is 0 Å². The zero-order chi connectivity index (χ0) is 13.7. The third kappa shape index (κ3) is 4.52. The van der Waals surface area contributed by atoms with Crippen LogP contribution in [0.25, 0.3) is 0 Å². The van der Waals surface area contributed by atoms with Crippen molar-refractivity contribution in [1.29, 1.82) is 0 Å². The molecule has 0 saturated carbocycles. The second-order valence-electron chi connectivity index (χ2n) is 5.72. The Bertz CT molecular complexity index is 379. The fourth-order valence-corrected chi connectivity index (χ4v) is 1.88. The molecule has 0 radical (unpaired) electrons. The van der Waals surface area contributed by atoms with E-state index in [-0.39, 0.29) is 17.9 Å². The first-order valence-electron chi connectivity index (χ1n) is 6.79. The van der Waals surface area contributed by atoms with Crippen molar-refractivity contribution in [3.63, 3.8) is 0 Å². The molecule has 0 saturated heterocycles. The highest BCUT2D eigenvalue weighted by atomic mass is 16.1. The Morgan fingerprint density at radius 1 is 1.06 bits per heavy atom. The second-order valence-corrected chi connectivity index (χ2v) is 5.72. The maximum atomic E-state index is 11.6. The molecule has 0 heterocycles. The smallest absolute Gasteiger partial charge is 0.223 e. The van der Waals surface area contributed by atoms with E-state index in [1.54, 1.807) is 0 Å². The molecule has 100 valence electrons. The van der Waals surface area contributed by atoms with Crippen molar-refractivity contribution in [3.05, 3.63) is 35.4 Å². The monoisotopic (exact) mass is 247 g/mol. The van der Waals surface area contributed by atoms with E-state index in [2.05, 4.69) is 43.4 Å². The molecular weight excluding hydrogens is 222 g/mol. The highest BCUT2D eigenvalue weighted by molar-refractivity contribution is 5.78. The molecule has 0 spiro atoms. The normalized spacial score (nSPS) is 12.8. The summed E-state index contributed by atoms with van der Waals surface area (Å²) >= 11 is 0. The molecule has 2 heteroatoms. The van der Waals surface area contributed by atoms with Crippen molar-refractivity contribution >= 4 is 5.91 Å². The Balaban J connectivity index is 2.64. The standard InChI is InChI=1S/C16H25NO/c1-11(2)10-14-6-8-15(9-7-14)13(5)17-16(18)12(3)4/h6-9,11-13H,10H2,1-5H3,(H,17,18)/t13-/m1/s1. The van der Waals surface area contributed by atoms with Gasteiger partial charge in [0.15, 0.2) is 0 Å². The fraction of sp³-hybridized carbons (Fsp3) is 0.562. The van der Waals surface area contributed by atoms with Gasteiger partial charge in [-0.2, -0.15) is 0 Å². The summed E-state index contributed by atoms with van der Waals surface area (Å²) in [5.74, 6) is 0.815. The fourth-order valence-electron chi connectivity index (χ4n) is 1.88. The summed E-state index contributed by atoms with van der Waals surface area (Å²) in [5, 5.41) is 3.02. The Morgan fingerprint density at radius 2 is 1.61 bits per heavy atom. The van der Waals surface area contributed by atoms with Gasteiger partial charge in [0.1, 0.15) is 0 Å². The van der Waals surface area contributed by atoms with Gasteiger partial charge in [-0.15, -0.1) is 0 Å². The molecule has 0 aliphatic carbocycles. The summed E-state index contributed by atoms with van der Waals surface area (Å²) in [7, 11) is 0. The van der Waals surface area contributed by atoms with Gasteiger partial charge in [-0.1, -0.05) is 52.0 Å². The molecule has 2 nitrogen and oxygen atoms in total. The number of benzene rings is 1. The third-order valence-electron chi connectivity index (χ3n) is 3.01. The second kappa shape index (κ2) is 6.58. The molecule has 0 aliphatic rings. The van der Waals surface area contributed by atoms with Gasteiger partial charge in [-0.25, -0.2) is 0 Å². The first kappa shape index (κ1) is 14.7. The molecule has 0 aliphatic heterocycles. The van der Waals surface area contributed by atoms with Crippen molar-refractivity contribution in [2.75, 3.05) is 0 Å². The predicted molar refractivity (Wildman–Crippen MR) is 76.4 cm³/mol. The van der Waals surface area contributed by atoms with E-state index in [1.165, 1.54) is 5.56 Å². The Labute approximate surface area is 111 Å². The highest BCUT2D eigenvalue weighted by Gasteiger charge is 2.12. The van der Waals surface area contributed by atoms with E-state index in [9.17, 15) is 4.79 Å². The van der Waals surface area contributed by atoms with Crippen LogP contribution in [0, 0.1) is 11.8 Å². The average molecular weight is 247 g/mol. The van der Waals surface area contributed by atoms with Gasteiger partial charge in [0.2, 0.25) is 5.91 Å². The van der Waals surface area contributed by atoms with E-state index in [1.807, 2.05) is 20.8 Å². The summed E-state index contributed by atoms with van der Waals surface area (Å²) in [6, 6.07) is 8.63. The molecule has 18 heavy (non-hydrogen) atoms. The van der Waals surface area contributed by atoms with Gasteiger partial charge < -0.3 is 5.32 Å². The minimum absolute atomic E-state index is 0.0349. The number of carbonyl (C=O) groups is 1. The number of nitrogens with one attached hydrogen (secondary N) is 1. The lowest BCUT2D eigenvalue weighted by atomic mass is 10.00.